The number of benzene rings is 1. The summed E-state index contributed by atoms with van der Waals surface area (Å²) in [6.45, 7) is 11.4. The number of carbonyl (C=O) groups is 3. The molecule has 32 heavy (non-hydrogen) atoms. The van der Waals surface area contributed by atoms with Crippen LogP contribution in [0.4, 0.5) is 10.5 Å². The fourth-order valence-electron chi connectivity index (χ4n) is 4.05. The van der Waals surface area contributed by atoms with Crippen LogP contribution in [0.15, 0.2) is 29.2 Å². The molecular formula is C24H35N3O4S. The van der Waals surface area contributed by atoms with Crippen molar-refractivity contribution in [1.29, 1.82) is 0 Å². The van der Waals surface area contributed by atoms with Gasteiger partial charge in [0, 0.05) is 37.0 Å². The number of fused-ring (bicyclic) bond motifs is 1. The molecule has 0 bridgehead atoms. The molecule has 0 spiro atoms. The van der Waals surface area contributed by atoms with Gasteiger partial charge < -0.3 is 19.9 Å². The summed E-state index contributed by atoms with van der Waals surface area (Å²) in [4.78, 5) is 42.8. The van der Waals surface area contributed by atoms with Crippen LogP contribution >= 0.6 is 11.8 Å². The van der Waals surface area contributed by atoms with Gasteiger partial charge in [-0.2, -0.15) is 0 Å². The highest BCUT2D eigenvalue weighted by atomic mass is 32.2. The predicted octanol–water partition coefficient (Wildman–Crippen LogP) is 4.37. The van der Waals surface area contributed by atoms with Gasteiger partial charge in [0.05, 0.1) is 10.9 Å². The first-order chi connectivity index (χ1) is 15.0. The fourth-order valence-corrected chi connectivity index (χ4v) is 5.15. The molecule has 1 aromatic carbocycles. The summed E-state index contributed by atoms with van der Waals surface area (Å²) < 4.78 is 5.58. The standard InChI is InChI=1S/C24H35N3O4S/c1-16(2)27(23(30)31-24(3,4)5)15-17-9-8-12-26(14-17)21(28)13-20-22(29)25-18-10-6-7-11-19(18)32-20/h6-7,10-11,16-17,20H,8-9,12-15H2,1-5H3,(H,25,29). The summed E-state index contributed by atoms with van der Waals surface area (Å²) in [7, 11) is 0. The lowest BCUT2D eigenvalue weighted by molar-refractivity contribution is -0.134. The molecule has 8 heteroatoms. The molecule has 0 radical (unpaired) electrons. The van der Waals surface area contributed by atoms with E-state index >= 15 is 0 Å². The summed E-state index contributed by atoms with van der Waals surface area (Å²) in [6.07, 6.45) is 1.72. The van der Waals surface area contributed by atoms with Gasteiger partial charge in [-0.1, -0.05) is 12.1 Å². The average molecular weight is 462 g/mol. The Morgan fingerprint density at radius 2 is 2.00 bits per heavy atom. The number of anilines is 1. The van der Waals surface area contributed by atoms with Crippen molar-refractivity contribution in [2.24, 2.45) is 5.92 Å². The van der Waals surface area contributed by atoms with Crippen molar-refractivity contribution >= 4 is 35.4 Å². The summed E-state index contributed by atoms with van der Waals surface area (Å²) >= 11 is 1.45. The molecule has 1 saturated heterocycles. The number of para-hydroxylation sites is 1. The number of likely N-dealkylation sites (tertiary alicyclic amines) is 1. The van der Waals surface area contributed by atoms with Gasteiger partial charge >= 0.3 is 6.09 Å². The van der Waals surface area contributed by atoms with Crippen molar-refractivity contribution in [3.05, 3.63) is 24.3 Å². The summed E-state index contributed by atoms with van der Waals surface area (Å²) in [5.74, 6) is 0.0674. The molecule has 7 nitrogen and oxygen atoms in total. The van der Waals surface area contributed by atoms with Crippen LogP contribution in [-0.4, -0.2) is 64.2 Å². The molecule has 0 saturated carbocycles. The number of nitrogens with one attached hydrogen (secondary N) is 1. The Hall–Kier alpha value is -2.22. The molecule has 1 fully saturated rings. The van der Waals surface area contributed by atoms with Crippen LogP contribution < -0.4 is 5.32 Å². The molecule has 3 amide bonds. The molecule has 176 valence electrons. The third-order valence-electron chi connectivity index (χ3n) is 5.64. The topological polar surface area (TPSA) is 79.0 Å². The smallest absolute Gasteiger partial charge is 0.410 e. The minimum absolute atomic E-state index is 0.00454. The van der Waals surface area contributed by atoms with E-state index in [1.54, 1.807) is 4.90 Å². The first kappa shape index (κ1) is 24.4. The molecule has 0 aromatic heterocycles. The SMILES string of the molecule is CC(C)N(CC1CCCN(C(=O)CC2Sc3ccccc3NC2=O)C1)C(=O)OC(C)(C)C. The number of ether oxygens (including phenoxy) is 1. The van der Waals surface area contributed by atoms with Crippen LogP contribution in [0.5, 0.6) is 0 Å². The number of rotatable bonds is 5. The van der Waals surface area contributed by atoms with Crippen LogP contribution in [0.2, 0.25) is 0 Å². The van der Waals surface area contributed by atoms with E-state index in [1.165, 1.54) is 11.8 Å². The van der Waals surface area contributed by atoms with E-state index in [9.17, 15) is 14.4 Å². The Labute approximate surface area is 195 Å². The van der Waals surface area contributed by atoms with Gasteiger partial charge in [0.15, 0.2) is 0 Å². The van der Waals surface area contributed by atoms with Gasteiger partial charge in [-0.05, 0) is 65.5 Å². The highest BCUT2D eigenvalue weighted by molar-refractivity contribution is 8.01. The maximum absolute atomic E-state index is 13.0. The zero-order valence-corrected chi connectivity index (χ0v) is 20.5. The van der Waals surface area contributed by atoms with Crippen LogP contribution in [0.25, 0.3) is 0 Å². The molecule has 1 aromatic rings. The van der Waals surface area contributed by atoms with Crippen LogP contribution in [0.1, 0.15) is 53.9 Å². The molecule has 3 rings (SSSR count). The van der Waals surface area contributed by atoms with Gasteiger partial charge in [-0.15, -0.1) is 11.8 Å². The molecule has 2 atom stereocenters. The first-order valence-corrected chi connectivity index (χ1v) is 12.3. The molecule has 2 heterocycles. The lowest BCUT2D eigenvalue weighted by atomic mass is 9.96. The monoisotopic (exact) mass is 461 g/mol. The number of piperidine rings is 1. The number of amides is 3. The second-order valence-corrected chi connectivity index (χ2v) is 11.1. The quantitative estimate of drug-likeness (QED) is 0.704. The summed E-state index contributed by atoms with van der Waals surface area (Å²) in [6, 6.07) is 7.67. The molecule has 0 aliphatic carbocycles. The highest BCUT2D eigenvalue weighted by Gasteiger charge is 2.33. The molecule has 2 unspecified atom stereocenters. The maximum atomic E-state index is 13.0. The van der Waals surface area contributed by atoms with Gasteiger partial charge in [0.2, 0.25) is 11.8 Å². The predicted molar refractivity (Wildman–Crippen MR) is 127 cm³/mol. The van der Waals surface area contributed by atoms with Gasteiger partial charge in [-0.3, -0.25) is 9.59 Å². The van der Waals surface area contributed by atoms with Crippen LogP contribution in [-0.2, 0) is 14.3 Å². The third kappa shape index (κ3) is 6.40. The number of hydrogen-bond acceptors (Lipinski definition) is 5. The second-order valence-electron chi connectivity index (χ2n) is 9.87. The lowest BCUT2D eigenvalue weighted by Gasteiger charge is -2.38. The average Bonchev–Trinajstić information content (AvgIpc) is 2.71. The van der Waals surface area contributed by atoms with Crippen molar-refractivity contribution < 1.29 is 19.1 Å². The lowest BCUT2D eigenvalue weighted by Crippen LogP contribution is -2.48. The first-order valence-electron chi connectivity index (χ1n) is 11.4. The maximum Gasteiger partial charge on any atom is 0.410 e. The minimum atomic E-state index is -0.546. The van der Waals surface area contributed by atoms with E-state index < -0.39 is 10.9 Å². The van der Waals surface area contributed by atoms with E-state index in [1.807, 2.05) is 63.8 Å². The number of carbonyl (C=O) groups excluding carboxylic acids is 3. The number of thioether (sulfide) groups is 1. The van der Waals surface area contributed by atoms with Crippen molar-refractivity contribution in [3.8, 4) is 0 Å². The van der Waals surface area contributed by atoms with Crippen LogP contribution in [0, 0.1) is 5.92 Å². The second kappa shape index (κ2) is 10.1. The zero-order chi connectivity index (χ0) is 23.5. The molecule has 2 aliphatic rings. The normalized spacial score (nSPS) is 21.1. The Morgan fingerprint density at radius 3 is 2.69 bits per heavy atom. The van der Waals surface area contributed by atoms with Crippen molar-refractivity contribution in [2.75, 3.05) is 25.0 Å². The molecular weight excluding hydrogens is 426 g/mol. The van der Waals surface area contributed by atoms with Gasteiger partial charge in [-0.25, -0.2) is 4.79 Å². The fraction of sp³-hybridized carbons (Fsp3) is 0.625. The van der Waals surface area contributed by atoms with Crippen LogP contribution in [0.3, 0.4) is 0 Å². The molecule has 1 N–H and O–H groups in total. The Bertz CT molecular complexity index is 852. The van der Waals surface area contributed by atoms with E-state index in [-0.39, 0.29) is 36.3 Å². The number of hydrogen-bond donors (Lipinski definition) is 1. The Balaban J connectivity index is 1.58. The largest absolute Gasteiger partial charge is 0.444 e. The number of nitrogens with zero attached hydrogens (tertiary/aromatic N) is 2. The Kier molecular flexibility index (Phi) is 7.75. The molecule has 2 aliphatic heterocycles. The van der Waals surface area contributed by atoms with Gasteiger partial charge in [0.1, 0.15) is 5.60 Å². The van der Waals surface area contributed by atoms with Crippen molar-refractivity contribution in [2.45, 2.75) is 75.7 Å². The Morgan fingerprint density at radius 1 is 1.28 bits per heavy atom. The summed E-state index contributed by atoms with van der Waals surface area (Å²) in [5, 5.41) is 2.48. The summed E-state index contributed by atoms with van der Waals surface area (Å²) in [5.41, 5.74) is 0.260. The van der Waals surface area contributed by atoms with E-state index in [0.29, 0.717) is 19.6 Å². The minimum Gasteiger partial charge on any atom is -0.444 e. The van der Waals surface area contributed by atoms with E-state index in [4.69, 9.17) is 4.74 Å². The van der Waals surface area contributed by atoms with E-state index in [0.717, 1.165) is 23.4 Å². The third-order valence-corrected chi connectivity index (χ3v) is 6.92. The van der Waals surface area contributed by atoms with E-state index in [2.05, 4.69) is 5.32 Å². The van der Waals surface area contributed by atoms with Crippen molar-refractivity contribution in [1.82, 2.24) is 9.80 Å². The van der Waals surface area contributed by atoms with Gasteiger partial charge in [0.25, 0.3) is 0 Å². The zero-order valence-electron chi connectivity index (χ0n) is 19.7. The van der Waals surface area contributed by atoms with Crippen molar-refractivity contribution in [3.63, 3.8) is 0 Å². The highest BCUT2D eigenvalue weighted by Crippen LogP contribution is 2.37.